The van der Waals surface area contributed by atoms with Gasteiger partial charge in [0, 0.05) is 12.0 Å². The number of ether oxygens (including phenoxy) is 1. The van der Waals surface area contributed by atoms with Crippen LogP contribution in [0.5, 0.6) is 0 Å². The number of hydrogen-bond donors (Lipinski definition) is 0. The zero-order valence-electron chi connectivity index (χ0n) is 11.3. The molecule has 2 saturated heterocycles. The van der Waals surface area contributed by atoms with Crippen molar-refractivity contribution in [2.45, 2.75) is 26.7 Å². The van der Waals surface area contributed by atoms with Crippen molar-refractivity contribution in [3.63, 3.8) is 0 Å². The summed E-state index contributed by atoms with van der Waals surface area (Å²) in [4.78, 5) is 2.41. The lowest BCUT2D eigenvalue weighted by Gasteiger charge is -2.53. The van der Waals surface area contributed by atoms with E-state index in [4.69, 9.17) is 4.74 Å². The number of likely N-dealkylation sites (tertiary alicyclic amines) is 1. The molecular weight excluding hydrogens is 212 g/mol. The molecular formula is C14H24N2O. The molecule has 0 amide bonds. The third-order valence-electron chi connectivity index (χ3n) is 4.60. The summed E-state index contributed by atoms with van der Waals surface area (Å²) in [6.45, 7) is 8.26. The minimum Gasteiger partial charge on any atom is -0.380 e. The maximum atomic E-state index is 9.47. The van der Waals surface area contributed by atoms with Gasteiger partial charge in [-0.2, -0.15) is 5.26 Å². The first-order chi connectivity index (χ1) is 8.10. The second kappa shape index (κ2) is 4.96. The molecule has 0 aromatic carbocycles. The maximum absolute atomic E-state index is 9.47. The molecule has 17 heavy (non-hydrogen) atoms. The van der Waals surface area contributed by atoms with Crippen molar-refractivity contribution in [2.24, 2.45) is 23.2 Å². The number of rotatable bonds is 3. The van der Waals surface area contributed by atoms with Gasteiger partial charge in [0.1, 0.15) is 0 Å². The molecule has 2 unspecified atom stereocenters. The van der Waals surface area contributed by atoms with Crippen LogP contribution in [0.2, 0.25) is 0 Å². The van der Waals surface area contributed by atoms with Gasteiger partial charge in [-0.15, -0.1) is 0 Å². The normalized spacial score (nSPS) is 30.6. The van der Waals surface area contributed by atoms with Gasteiger partial charge in [-0.05, 0) is 38.3 Å². The smallest absolute Gasteiger partial charge is 0.0666 e. The fourth-order valence-electron chi connectivity index (χ4n) is 3.58. The van der Waals surface area contributed by atoms with Crippen molar-refractivity contribution >= 4 is 0 Å². The van der Waals surface area contributed by atoms with Crippen LogP contribution < -0.4 is 0 Å². The van der Waals surface area contributed by atoms with E-state index in [0.717, 1.165) is 19.8 Å². The van der Waals surface area contributed by atoms with Crippen molar-refractivity contribution in [2.75, 3.05) is 33.4 Å². The Balaban J connectivity index is 2.16. The van der Waals surface area contributed by atoms with Gasteiger partial charge in [0.05, 0.1) is 25.2 Å². The van der Waals surface area contributed by atoms with Crippen LogP contribution in [0.3, 0.4) is 0 Å². The molecule has 0 spiro atoms. The molecule has 2 heterocycles. The average Bonchev–Trinajstić information content (AvgIpc) is 2.22. The van der Waals surface area contributed by atoms with Crippen molar-refractivity contribution in [1.29, 1.82) is 5.26 Å². The van der Waals surface area contributed by atoms with Gasteiger partial charge < -0.3 is 9.64 Å². The summed E-state index contributed by atoms with van der Waals surface area (Å²) < 4.78 is 5.49. The summed E-state index contributed by atoms with van der Waals surface area (Å²) in [7, 11) is 2.19. The molecule has 0 aliphatic carbocycles. The van der Waals surface area contributed by atoms with Crippen LogP contribution in [-0.4, -0.2) is 38.3 Å². The quantitative estimate of drug-likeness (QED) is 0.753. The number of nitriles is 1. The van der Waals surface area contributed by atoms with Crippen molar-refractivity contribution in [3.8, 4) is 6.07 Å². The molecule has 0 bridgehead atoms. The topological polar surface area (TPSA) is 36.3 Å². The predicted molar refractivity (Wildman–Crippen MR) is 67.4 cm³/mol. The first-order valence-corrected chi connectivity index (χ1v) is 6.76. The Hall–Kier alpha value is -0.590. The third-order valence-corrected chi connectivity index (χ3v) is 4.60. The fraction of sp³-hybridized carbons (Fsp3) is 0.929. The highest BCUT2D eigenvalue weighted by atomic mass is 16.5. The van der Waals surface area contributed by atoms with Gasteiger partial charge in [-0.25, -0.2) is 0 Å². The van der Waals surface area contributed by atoms with E-state index in [-0.39, 0.29) is 11.3 Å². The Bertz CT molecular complexity index is 304. The largest absolute Gasteiger partial charge is 0.380 e. The molecule has 3 heteroatoms. The van der Waals surface area contributed by atoms with Crippen LogP contribution in [0.25, 0.3) is 0 Å². The summed E-state index contributed by atoms with van der Waals surface area (Å²) in [5.41, 5.74) is 0.137. The molecule has 0 N–H and O–H groups in total. The minimum absolute atomic E-state index is 0.137. The van der Waals surface area contributed by atoms with Crippen molar-refractivity contribution in [3.05, 3.63) is 0 Å². The van der Waals surface area contributed by atoms with E-state index in [9.17, 15) is 5.26 Å². The summed E-state index contributed by atoms with van der Waals surface area (Å²) in [5.74, 6) is 1.21. The highest BCUT2D eigenvalue weighted by Crippen LogP contribution is 2.48. The average molecular weight is 236 g/mol. The van der Waals surface area contributed by atoms with Crippen LogP contribution in [0.4, 0.5) is 0 Å². The van der Waals surface area contributed by atoms with Gasteiger partial charge in [0.15, 0.2) is 0 Å². The molecule has 96 valence electrons. The predicted octanol–water partition coefficient (Wildman–Crippen LogP) is 2.14. The van der Waals surface area contributed by atoms with Crippen LogP contribution in [0.1, 0.15) is 26.7 Å². The van der Waals surface area contributed by atoms with Crippen molar-refractivity contribution in [1.82, 2.24) is 4.90 Å². The monoisotopic (exact) mass is 236 g/mol. The first kappa shape index (κ1) is 12.9. The molecule has 2 aliphatic rings. The van der Waals surface area contributed by atoms with Crippen LogP contribution >= 0.6 is 0 Å². The van der Waals surface area contributed by atoms with Gasteiger partial charge in [0.25, 0.3) is 0 Å². The van der Waals surface area contributed by atoms with Crippen LogP contribution in [-0.2, 0) is 4.74 Å². The number of piperidine rings is 1. The summed E-state index contributed by atoms with van der Waals surface area (Å²) >= 11 is 0. The van der Waals surface area contributed by atoms with E-state index in [1.54, 1.807) is 0 Å². The molecule has 2 aliphatic heterocycles. The Morgan fingerprint density at radius 1 is 1.41 bits per heavy atom. The fourth-order valence-corrected chi connectivity index (χ4v) is 3.58. The highest BCUT2D eigenvalue weighted by molar-refractivity contribution is 5.07. The van der Waals surface area contributed by atoms with Gasteiger partial charge in [-0.1, -0.05) is 13.8 Å². The standard InChI is InChI=1S/C14H24N2O/c1-11(2)13(7-15)14(9-17-10-14)12-5-4-6-16(3)8-12/h11-13H,4-6,8-10H2,1-3H3. The van der Waals surface area contributed by atoms with E-state index in [2.05, 4.69) is 31.9 Å². The van der Waals surface area contributed by atoms with Gasteiger partial charge >= 0.3 is 0 Å². The summed E-state index contributed by atoms with van der Waals surface area (Å²) in [6, 6.07) is 2.56. The molecule has 2 rings (SSSR count). The first-order valence-electron chi connectivity index (χ1n) is 6.76. The Kier molecular flexibility index (Phi) is 3.75. The Morgan fingerprint density at radius 3 is 2.53 bits per heavy atom. The van der Waals surface area contributed by atoms with E-state index in [1.165, 1.54) is 19.4 Å². The molecule has 3 nitrogen and oxygen atoms in total. The SMILES string of the molecule is CC(C)C(C#N)C1(C2CCCN(C)C2)COC1. The summed E-state index contributed by atoms with van der Waals surface area (Å²) in [5, 5.41) is 9.47. The highest BCUT2D eigenvalue weighted by Gasteiger charge is 2.52. The molecule has 2 atom stereocenters. The van der Waals surface area contributed by atoms with E-state index in [1.807, 2.05) is 0 Å². The number of hydrogen-bond acceptors (Lipinski definition) is 3. The maximum Gasteiger partial charge on any atom is 0.0666 e. The molecule has 0 radical (unpaired) electrons. The lowest BCUT2D eigenvalue weighted by molar-refractivity contribution is -0.183. The van der Waals surface area contributed by atoms with Gasteiger partial charge in [-0.3, -0.25) is 0 Å². The molecule has 0 saturated carbocycles. The van der Waals surface area contributed by atoms with Crippen molar-refractivity contribution < 1.29 is 4.74 Å². The molecule has 0 aromatic heterocycles. The molecule has 2 fully saturated rings. The van der Waals surface area contributed by atoms with Crippen LogP contribution in [0.15, 0.2) is 0 Å². The Morgan fingerprint density at radius 2 is 2.12 bits per heavy atom. The summed E-state index contributed by atoms with van der Waals surface area (Å²) in [6.07, 6.45) is 2.53. The van der Waals surface area contributed by atoms with E-state index < -0.39 is 0 Å². The zero-order valence-corrected chi connectivity index (χ0v) is 11.3. The molecule has 0 aromatic rings. The Labute approximate surface area is 105 Å². The van der Waals surface area contributed by atoms with E-state index >= 15 is 0 Å². The zero-order chi connectivity index (χ0) is 12.5. The second-order valence-electron chi connectivity index (χ2n) is 6.18. The lowest BCUT2D eigenvalue weighted by Crippen LogP contribution is -2.58. The van der Waals surface area contributed by atoms with E-state index in [0.29, 0.717) is 11.8 Å². The third kappa shape index (κ3) is 2.21. The second-order valence-corrected chi connectivity index (χ2v) is 6.18. The van der Waals surface area contributed by atoms with Gasteiger partial charge in [0.2, 0.25) is 0 Å². The van der Waals surface area contributed by atoms with Crippen LogP contribution in [0, 0.1) is 34.5 Å². The number of nitrogens with zero attached hydrogens (tertiary/aromatic N) is 2. The minimum atomic E-state index is 0.137. The lowest BCUT2D eigenvalue weighted by atomic mass is 9.60.